The molecule has 2 heterocycles. The Hall–Kier alpha value is -2.45. The molecule has 1 aromatic heterocycles. The fourth-order valence-corrected chi connectivity index (χ4v) is 3.90. The molecule has 2 aliphatic rings. The second-order valence-corrected chi connectivity index (χ2v) is 8.01. The van der Waals surface area contributed by atoms with Crippen molar-refractivity contribution >= 4 is 17.3 Å². The molecule has 0 radical (unpaired) electrons. The summed E-state index contributed by atoms with van der Waals surface area (Å²) in [6.45, 7) is 5.25. The first kappa shape index (κ1) is 20.8. The maximum Gasteiger partial charge on any atom is 0.255 e. The number of benzene rings is 1. The van der Waals surface area contributed by atoms with Crippen molar-refractivity contribution in [3.05, 3.63) is 35.8 Å². The van der Waals surface area contributed by atoms with Gasteiger partial charge in [0.15, 0.2) is 0 Å². The van der Waals surface area contributed by atoms with Gasteiger partial charge in [0.25, 0.3) is 5.88 Å². The van der Waals surface area contributed by atoms with Crippen molar-refractivity contribution in [3.63, 3.8) is 0 Å². The minimum atomic E-state index is -0.529. The molecule has 2 N–H and O–H groups in total. The Morgan fingerprint density at radius 3 is 2.53 bits per heavy atom. The van der Waals surface area contributed by atoms with E-state index in [-0.39, 0.29) is 17.7 Å². The number of nitrogens with zero attached hydrogens (tertiary/aromatic N) is 3. The van der Waals surface area contributed by atoms with E-state index in [0.29, 0.717) is 18.5 Å². The number of rotatable bonds is 6. The molecule has 4 rings (SSSR count). The molecule has 7 nitrogen and oxygen atoms in total. The molecule has 162 valence electrons. The fraction of sp³-hybridized carbons (Fsp3) is 0.545. The maximum absolute atomic E-state index is 14.5. The van der Waals surface area contributed by atoms with E-state index in [9.17, 15) is 9.50 Å². The molecule has 1 saturated carbocycles. The van der Waals surface area contributed by atoms with Crippen molar-refractivity contribution in [1.82, 2.24) is 9.97 Å². The lowest BCUT2D eigenvalue weighted by Gasteiger charge is -2.28. The van der Waals surface area contributed by atoms with E-state index >= 15 is 0 Å². The predicted octanol–water partition coefficient (Wildman–Crippen LogP) is 3.43. The number of anilines is 3. The van der Waals surface area contributed by atoms with Gasteiger partial charge < -0.3 is 24.8 Å². The third-order valence-corrected chi connectivity index (χ3v) is 5.76. The van der Waals surface area contributed by atoms with Gasteiger partial charge in [-0.2, -0.15) is 9.37 Å². The van der Waals surface area contributed by atoms with Crippen molar-refractivity contribution in [2.45, 2.75) is 38.7 Å². The number of aromatic nitrogens is 2. The highest BCUT2D eigenvalue weighted by atomic mass is 19.1. The fourth-order valence-electron chi connectivity index (χ4n) is 3.90. The summed E-state index contributed by atoms with van der Waals surface area (Å²) in [7, 11) is 0. The van der Waals surface area contributed by atoms with Crippen LogP contribution in [0.4, 0.5) is 21.7 Å². The lowest BCUT2D eigenvalue weighted by Crippen LogP contribution is -2.36. The number of morpholine rings is 1. The van der Waals surface area contributed by atoms with E-state index in [0.717, 1.165) is 63.4 Å². The van der Waals surface area contributed by atoms with E-state index in [1.165, 1.54) is 0 Å². The summed E-state index contributed by atoms with van der Waals surface area (Å²) in [5.41, 5.74) is 2.21. The van der Waals surface area contributed by atoms with Gasteiger partial charge in [0.2, 0.25) is 11.8 Å². The minimum absolute atomic E-state index is 0.0268. The van der Waals surface area contributed by atoms with Gasteiger partial charge in [-0.05, 0) is 62.8 Å². The molecule has 0 spiro atoms. The Kier molecular flexibility index (Phi) is 6.64. The summed E-state index contributed by atoms with van der Waals surface area (Å²) in [5, 5.41) is 12.8. The van der Waals surface area contributed by atoms with Crippen molar-refractivity contribution in [2.75, 3.05) is 43.1 Å². The molecule has 1 saturated heterocycles. The van der Waals surface area contributed by atoms with Gasteiger partial charge in [-0.1, -0.05) is 0 Å². The first-order chi connectivity index (χ1) is 14.6. The van der Waals surface area contributed by atoms with E-state index in [2.05, 4.69) is 20.2 Å². The van der Waals surface area contributed by atoms with E-state index in [1.54, 1.807) is 6.92 Å². The SMILES string of the molecule is Cc1nc(Nc2ccc(N3CCOCC3)cc2)nc(OCC2CCC(O)CC2)c1F. The highest BCUT2D eigenvalue weighted by Gasteiger charge is 2.21. The van der Waals surface area contributed by atoms with Crippen LogP contribution in [0.2, 0.25) is 0 Å². The predicted molar refractivity (Wildman–Crippen MR) is 113 cm³/mol. The van der Waals surface area contributed by atoms with Crippen LogP contribution >= 0.6 is 0 Å². The standard InChI is InChI=1S/C22H29FN4O3/c1-15-20(23)21(30-14-16-2-8-19(28)9-3-16)26-22(24-15)25-17-4-6-18(7-5-17)27-10-12-29-13-11-27/h4-7,16,19,28H,2-3,8-14H2,1H3,(H,24,25,26). The molecule has 8 heteroatoms. The Balaban J connectivity index is 1.40. The highest BCUT2D eigenvalue weighted by molar-refractivity contribution is 5.59. The Labute approximate surface area is 176 Å². The third kappa shape index (κ3) is 5.17. The number of nitrogens with one attached hydrogen (secondary N) is 1. The largest absolute Gasteiger partial charge is 0.475 e. The Bertz CT molecular complexity index is 835. The minimum Gasteiger partial charge on any atom is -0.475 e. The van der Waals surface area contributed by atoms with Crippen LogP contribution in [0.1, 0.15) is 31.4 Å². The van der Waals surface area contributed by atoms with E-state index in [4.69, 9.17) is 9.47 Å². The molecule has 30 heavy (non-hydrogen) atoms. The second-order valence-electron chi connectivity index (χ2n) is 8.01. The van der Waals surface area contributed by atoms with Crippen LogP contribution in [0.25, 0.3) is 0 Å². The molecular formula is C22H29FN4O3. The monoisotopic (exact) mass is 416 g/mol. The number of hydrogen-bond acceptors (Lipinski definition) is 7. The molecule has 2 fully saturated rings. The van der Waals surface area contributed by atoms with Crippen LogP contribution in [0.15, 0.2) is 24.3 Å². The van der Waals surface area contributed by atoms with E-state index < -0.39 is 5.82 Å². The highest BCUT2D eigenvalue weighted by Crippen LogP contribution is 2.27. The molecular weight excluding hydrogens is 387 g/mol. The lowest BCUT2D eigenvalue weighted by atomic mass is 9.88. The summed E-state index contributed by atoms with van der Waals surface area (Å²) in [5.74, 6) is 0.0643. The van der Waals surface area contributed by atoms with Crippen molar-refractivity contribution in [2.24, 2.45) is 5.92 Å². The van der Waals surface area contributed by atoms with Gasteiger partial charge in [-0.15, -0.1) is 0 Å². The van der Waals surface area contributed by atoms with Crippen LogP contribution in [0.5, 0.6) is 5.88 Å². The summed E-state index contributed by atoms with van der Waals surface area (Å²) >= 11 is 0. The van der Waals surface area contributed by atoms with E-state index in [1.807, 2.05) is 24.3 Å². The van der Waals surface area contributed by atoms with Crippen LogP contribution in [0, 0.1) is 18.7 Å². The molecule has 0 atom stereocenters. The number of aryl methyl sites for hydroxylation is 1. The number of hydrogen-bond donors (Lipinski definition) is 2. The van der Waals surface area contributed by atoms with Crippen molar-refractivity contribution < 1.29 is 19.0 Å². The van der Waals surface area contributed by atoms with Gasteiger partial charge >= 0.3 is 0 Å². The quantitative estimate of drug-likeness (QED) is 0.747. The first-order valence-corrected chi connectivity index (χ1v) is 10.6. The average molecular weight is 416 g/mol. The van der Waals surface area contributed by atoms with Gasteiger partial charge in [-0.3, -0.25) is 0 Å². The number of aliphatic hydroxyl groups excluding tert-OH is 1. The Morgan fingerprint density at radius 1 is 1.13 bits per heavy atom. The van der Waals surface area contributed by atoms with Gasteiger partial charge in [0.05, 0.1) is 31.6 Å². The van der Waals surface area contributed by atoms with Crippen LogP contribution < -0.4 is 15.0 Å². The molecule has 1 aliphatic carbocycles. The number of aliphatic hydroxyl groups is 1. The Morgan fingerprint density at radius 2 is 1.83 bits per heavy atom. The third-order valence-electron chi connectivity index (χ3n) is 5.76. The van der Waals surface area contributed by atoms with Gasteiger partial charge in [0, 0.05) is 24.5 Å². The maximum atomic E-state index is 14.5. The normalized spacial score (nSPS) is 22.0. The second kappa shape index (κ2) is 9.57. The zero-order valence-electron chi connectivity index (χ0n) is 17.3. The first-order valence-electron chi connectivity index (χ1n) is 10.6. The average Bonchev–Trinajstić information content (AvgIpc) is 2.77. The zero-order chi connectivity index (χ0) is 20.9. The topological polar surface area (TPSA) is 79.7 Å². The summed E-state index contributed by atoms with van der Waals surface area (Å²) in [6, 6.07) is 8.00. The molecule has 1 aromatic carbocycles. The lowest BCUT2D eigenvalue weighted by molar-refractivity contribution is 0.0898. The molecule has 1 aliphatic heterocycles. The molecule has 0 unspecified atom stereocenters. The van der Waals surface area contributed by atoms with Crippen LogP contribution in [-0.2, 0) is 4.74 Å². The summed E-state index contributed by atoms with van der Waals surface area (Å²) in [6.07, 6.45) is 3.09. The summed E-state index contributed by atoms with van der Waals surface area (Å²) in [4.78, 5) is 10.7. The molecule has 0 bridgehead atoms. The van der Waals surface area contributed by atoms with Gasteiger partial charge in [0.1, 0.15) is 0 Å². The van der Waals surface area contributed by atoms with Gasteiger partial charge in [-0.25, -0.2) is 4.98 Å². The van der Waals surface area contributed by atoms with Crippen molar-refractivity contribution in [3.8, 4) is 5.88 Å². The number of halogens is 1. The van der Waals surface area contributed by atoms with Crippen molar-refractivity contribution in [1.29, 1.82) is 0 Å². The summed E-state index contributed by atoms with van der Waals surface area (Å²) < 4.78 is 25.6. The smallest absolute Gasteiger partial charge is 0.255 e. The zero-order valence-corrected chi connectivity index (χ0v) is 17.3. The van der Waals surface area contributed by atoms with Crippen LogP contribution in [0.3, 0.4) is 0 Å². The van der Waals surface area contributed by atoms with Crippen LogP contribution in [-0.4, -0.2) is 54.1 Å². The molecule has 2 aromatic rings. The number of ether oxygens (including phenoxy) is 2. The molecule has 0 amide bonds.